The third-order valence-electron chi connectivity index (χ3n) is 5.70. The van der Waals surface area contributed by atoms with Gasteiger partial charge in [-0.2, -0.15) is 0 Å². The fourth-order valence-electron chi connectivity index (χ4n) is 3.94. The van der Waals surface area contributed by atoms with E-state index < -0.39 is 5.54 Å². The van der Waals surface area contributed by atoms with Gasteiger partial charge in [0.2, 0.25) is 11.8 Å². The Bertz CT molecular complexity index is 616. The number of rotatable bonds is 3. The second kappa shape index (κ2) is 6.55. The molecule has 1 aromatic carbocycles. The van der Waals surface area contributed by atoms with Crippen LogP contribution in [0.3, 0.4) is 0 Å². The molecular weight excluding hydrogens is 302 g/mol. The van der Waals surface area contributed by atoms with Crippen LogP contribution in [0.15, 0.2) is 30.3 Å². The molecule has 2 heterocycles. The summed E-state index contributed by atoms with van der Waals surface area (Å²) in [4.78, 5) is 29.1. The lowest BCUT2D eigenvalue weighted by Gasteiger charge is -2.38. The maximum absolute atomic E-state index is 13.4. The summed E-state index contributed by atoms with van der Waals surface area (Å²) in [5.74, 6) is 0.610. The topological polar surface area (TPSA) is 52.7 Å². The maximum Gasteiger partial charge on any atom is 0.247 e. The predicted molar refractivity (Wildman–Crippen MR) is 93.3 cm³/mol. The van der Waals surface area contributed by atoms with Crippen LogP contribution in [0.4, 0.5) is 0 Å². The van der Waals surface area contributed by atoms with E-state index in [1.54, 1.807) is 0 Å². The lowest BCUT2D eigenvalue weighted by Crippen LogP contribution is -2.53. The standard InChI is InChI=1S/C19H27N3O2/c1-19(21(2)3,15-9-5-4-6-10-15)18(24)22-12-14-8-7-11-17(23)20-16(14)13-22/h4-6,9-10,14,16H,7-8,11-13H2,1-3H3,(H,20,23). The van der Waals surface area contributed by atoms with Gasteiger partial charge < -0.3 is 10.2 Å². The molecule has 2 amide bonds. The molecule has 3 rings (SSSR count). The number of carbonyl (C=O) groups excluding carboxylic acids is 2. The Balaban J connectivity index is 1.83. The number of likely N-dealkylation sites (tertiary alicyclic amines) is 1. The van der Waals surface area contributed by atoms with Crippen LogP contribution in [0.2, 0.25) is 0 Å². The van der Waals surface area contributed by atoms with Gasteiger partial charge in [-0.1, -0.05) is 30.3 Å². The van der Waals surface area contributed by atoms with Crippen molar-refractivity contribution in [3.8, 4) is 0 Å². The molecule has 1 N–H and O–H groups in total. The number of hydrogen-bond donors (Lipinski definition) is 1. The van der Waals surface area contributed by atoms with Gasteiger partial charge in [0.05, 0.1) is 6.04 Å². The van der Waals surface area contributed by atoms with E-state index in [1.165, 1.54) is 0 Å². The SMILES string of the molecule is CN(C)C(C)(C(=O)N1CC2CCCC(=O)NC2C1)c1ccccc1. The van der Waals surface area contributed by atoms with E-state index in [0.29, 0.717) is 18.9 Å². The van der Waals surface area contributed by atoms with Crippen LogP contribution in [0.1, 0.15) is 31.7 Å². The molecule has 5 heteroatoms. The van der Waals surface area contributed by atoms with Crippen molar-refractivity contribution in [1.29, 1.82) is 0 Å². The van der Waals surface area contributed by atoms with E-state index in [2.05, 4.69) is 5.32 Å². The molecule has 2 fully saturated rings. The first kappa shape index (κ1) is 17.0. The number of nitrogens with zero attached hydrogens (tertiary/aromatic N) is 2. The Morgan fingerprint density at radius 1 is 1.25 bits per heavy atom. The average molecular weight is 329 g/mol. The molecule has 0 saturated carbocycles. The molecule has 2 saturated heterocycles. The van der Waals surface area contributed by atoms with Gasteiger partial charge in [-0.15, -0.1) is 0 Å². The molecule has 130 valence electrons. The first-order valence-electron chi connectivity index (χ1n) is 8.74. The molecule has 1 aromatic rings. The first-order valence-corrected chi connectivity index (χ1v) is 8.74. The Hall–Kier alpha value is -1.88. The normalized spacial score (nSPS) is 26.5. The van der Waals surface area contributed by atoms with Gasteiger partial charge in [-0.25, -0.2) is 0 Å². The summed E-state index contributed by atoms with van der Waals surface area (Å²) in [6, 6.07) is 10.0. The second-order valence-electron chi connectivity index (χ2n) is 7.37. The van der Waals surface area contributed by atoms with E-state index in [0.717, 1.165) is 24.9 Å². The van der Waals surface area contributed by atoms with Crippen molar-refractivity contribution in [2.45, 2.75) is 37.8 Å². The molecule has 3 unspecified atom stereocenters. The van der Waals surface area contributed by atoms with Crippen LogP contribution in [0.25, 0.3) is 0 Å². The zero-order valence-electron chi connectivity index (χ0n) is 14.8. The van der Waals surface area contributed by atoms with Crippen molar-refractivity contribution in [2.75, 3.05) is 27.2 Å². The molecule has 0 spiro atoms. The van der Waals surface area contributed by atoms with Gasteiger partial charge in [0, 0.05) is 19.5 Å². The lowest BCUT2D eigenvalue weighted by atomic mass is 9.89. The first-order chi connectivity index (χ1) is 11.4. The summed E-state index contributed by atoms with van der Waals surface area (Å²) < 4.78 is 0. The molecule has 5 nitrogen and oxygen atoms in total. The molecule has 24 heavy (non-hydrogen) atoms. The van der Waals surface area contributed by atoms with Gasteiger partial charge >= 0.3 is 0 Å². The summed E-state index contributed by atoms with van der Waals surface area (Å²) >= 11 is 0. The quantitative estimate of drug-likeness (QED) is 0.916. The number of likely N-dealkylation sites (N-methyl/N-ethyl adjacent to an activating group) is 1. The van der Waals surface area contributed by atoms with Crippen LogP contribution < -0.4 is 5.32 Å². The zero-order valence-corrected chi connectivity index (χ0v) is 14.8. The number of fused-ring (bicyclic) bond motifs is 1. The average Bonchev–Trinajstić information content (AvgIpc) is 2.88. The van der Waals surface area contributed by atoms with Crippen molar-refractivity contribution >= 4 is 11.8 Å². The van der Waals surface area contributed by atoms with Gasteiger partial charge in [0.25, 0.3) is 0 Å². The van der Waals surface area contributed by atoms with Gasteiger partial charge in [-0.3, -0.25) is 14.5 Å². The van der Waals surface area contributed by atoms with Crippen LogP contribution >= 0.6 is 0 Å². The highest BCUT2D eigenvalue weighted by molar-refractivity contribution is 5.88. The van der Waals surface area contributed by atoms with Gasteiger partial charge in [0.15, 0.2) is 0 Å². The van der Waals surface area contributed by atoms with E-state index in [9.17, 15) is 9.59 Å². The maximum atomic E-state index is 13.4. The molecule has 3 atom stereocenters. The minimum absolute atomic E-state index is 0.103. The third kappa shape index (κ3) is 2.93. The number of hydrogen-bond acceptors (Lipinski definition) is 3. The predicted octanol–water partition coefficient (Wildman–Crippen LogP) is 1.59. The minimum Gasteiger partial charge on any atom is -0.351 e. The molecule has 2 aliphatic heterocycles. The number of amides is 2. The zero-order chi connectivity index (χ0) is 17.3. The summed E-state index contributed by atoms with van der Waals surface area (Å²) in [7, 11) is 3.89. The Morgan fingerprint density at radius 2 is 1.96 bits per heavy atom. The molecular formula is C19H27N3O2. The molecule has 0 radical (unpaired) electrons. The summed E-state index contributed by atoms with van der Waals surface area (Å²) in [6.07, 6.45) is 2.54. The highest BCUT2D eigenvalue weighted by Gasteiger charge is 2.45. The second-order valence-corrected chi connectivity index (χ2v) is 7.37. The number of nitrogens with one attached hydrogen (secondary N) is 1. The lowest BCUT2D eigenvalue weighted by molar-refractivity contribution is -0.142. The van der Waals surface area contributed by atoms with Crippen LogP contribution in [0.5, 0.6) is 0 Å². The van der Waals surface area contributed by atoms with Crippen LogP contribution in [0, 0.1) is 5.92 Å². The smallest absolute Gasteiger partial charge is 0.247 e. The molecule has 2 aliphatic rings. The van der Waals surface area contributed by atoms with E-state index in [-0.39, 0.29) is 17.9 Å². The van der Waals surface area contributed by atoms with Crippen molar-refractivity contribution in [3.05, 3.63) is 35.9 Å². The van der Waals surface area contributed by atoms with E-state index in [1.807, 2.05) is 61.2 Å². The molecule has 0 aromatic heterocycles. The fourth-order valence-corrected chi connectivity index (χ4v) is 3.94. The third-order valence-corrected chi connectivity index (χ3v) is 5.70. The highest BCUT2D eigenvalue weighted by Crippen LogP contribution is 2.32. The Labute approximate surface area is 144 Å². The van der Waals surface area contributed by atoms with E-state index >= 15 is 0 Å². The summed E-state index contributed by atoms with van der Waals surface area (Å²) in [5.41, 5.74) is 0.297. The van der Waals surface area contributed by atoms with Crippen molar-refractivity contribution in [2.24, 2.45) is 5.92 Å². The molecule has 0 aliphatic carbocycles. The van der Waals surface area contributed by atoms with E-state index in [4.69, 9.17) is 0 Å². The Morgan fingerprint density at radius 3 is 2.62 bits per heavy atom. The van der Waals surface area contributed by atoms with Crippen LogP contribution in [-0.4, -0.2) is 54.8 Å². The van der Waals surface area contributed by atoms with Gasteiger partial charge in [-0.05, 0) is 45.3 Å². The molecule has 0 bridgehead atoms. The summed E-state index contributed by atoms with van der Waals surface area (Å²) in [5, 5.41) is 3.10. The van der Waals surface area contributed by atoms with Gasteiger partial charge in [0.1, 0.15) is 5.54 Å². The highest BCUT2D eigenvalue weighted by atomic mass is 16.2. The number of carbonyl (C=O) groups is 2. The fraction of sp³-hybridized carbons (Fsp3) is 0.579. The largest absolute Gasteiger partial charge is 0.351 e. The van der Waals surface area contributed by atoms with Crippen molar-refractivity contribution in [3.63, 3.8) is 0 Å². The number of benzene rings is 1. The Kier molecular flexibility index (Phi) is 4.63. The minimum atomic E-state index is -0.700. The van der Waals surface area contributed by atoms with Crippen molar-refractivity contribution in [1.82, 2.24) is 15.1 Å². The summed E-state index contributed by atoms with van der Waals surface area (Å²) in [6.45, 7) is 3.34. The van der Waals surface area contributed by atoms with Crippen molar-refractivity contribution < 1.29 is 9.59 Å². The monoisotopic (exact) mass is 329 g/mol. The van der Waals surface area contributed by atoms with Crippen LogP contribution in [-0.2, 0) is 15.1 Å².